The highest BCUT2D eigenvalue weighted by Gasteiger charge is 2.23. The third-order valence-electron chi connectivity index (χ3n) is 5.30. The number of ether oxygens (including phenoxy) is 1. The van der Waals surface area contributed by atoms with Crippen LogP contribution in [0.15, 0.2) is 24.3 Å². The number of rotatable bonds is 7. The van der Waals surface area contributed by atoms with Gasteiger partial charge in [0.2, 0.25) is 0 Å². The molecule has 1 saturated carbocycles. The van der Waals surface area contributed by atoms with Crippen molar-refractivity contribution >= 4 is 11.6 Å². The zero-order chi connectivity index (χ0) is 18.6. The summed E-state index contributed by atoms with van der Waals surface area (Å²) in [5, 5.41) is 14.7. The molecule has 1 aliphatic carbocycles. The Morgan fingerprint density at radius 2 is 2.11 bits per heavy atom. The van der Waals surface area contributed by atoms with E-state index in [1.807, 2.05) is 35.9 Å². The highest BCUT2D eigenvalue weighted by atomic mass is 16.5. The molecule has 0 bridgehead atoms. The number of nitrogens with zero attached hydrogens (tertiary/aromatic N) is 3. The summed E-state index contributed by atoms with van der Waals surface area (Å²) in [4.78, 5) is 12.7. The van der Waals surface area contributed by atoms with Gasteiger partial charge in [-0.05, 0) is 69.3 Å². The monoisotopic (exact) mass is 369 g/mol. The molecule has 0 unspecified atom stereocenters. The molecule has 4 rings (SSSR count). The summed E-state index contributed by atoms with van der Waals surface area (Å²) in [6.45, 7) is 5.27. The number of nitrogens with one attached hydrogen (secondary N) is 2. The van der Waals surface area contributed by atoms with Crippen molar-refractivity contribution in [1.82, 2.24) is 20.3 Å². The molecule has 1 aromatic carbocycles. The van der Waals surface area contributed by atoms with E-state index >= 15 is 0 Å². The second-order valence-corrected chi connectivity index (χ2v) is 7.56. The second-order valence-electron chi connectivity index (χ2n) is 7.56. The summed E-state index contributed by atoms with van der Waals surface area (Å²) in [5.41, 5.74) is 3.03. The predicted molar refractivity (Wildman–Crippen MR) is 103 cm³/mol. The Bertz CT molecular complexity index is 793. The molecule has 1 amide bonds. The number of piperidine rings is 1. The van der Waals surface area contributed by atoms with E-state index in [9.17, 15) is 4.79 Å². The molecule has 27 heavy (non-hydrogen) atoms. The first-order valence-electron chi connectivity index (χ1n) is 9.81. The second kappa shape index (κ2) is 8.19. The lowest BCUT2D eigenvalue weighted by Gasteiger charge is -2.23. The SMILES string of the molecule is Cc1c(C(=O)Nc2cccc(COCC3CC3)c2)nnn1C1CCNCC1. The summed E-state index contributed by atoms with van der Waals surface area (Å²) < 4.78 is 7.64. The Morgan fingerprint density at radius 3 is 2.89 bits per heavy atom. The predicted octanol–water partition coefficient (Wildman–Crippen LogP) is 2.69. The van der Waals surface area contributed by atoms with Gasteiger partial charge in [0.05, 0.1) is 18.3 Å². The van der Waals surface area contributed by atoms with Gasteiger partial charge in [0.1, 0.15) is 0 Å². The molecule has 2 heterocycles. The van der Waals surface area contributed by atoms with Crippen molar-refractivity contribution in [3.8, 4) is 0 Å². The molecular formula is C20H27N5O2. The average molecular weight is 369 g/mol. The lowest BCUT2D eigenvalue weighted by atomic mass is 10.1. The van der Waals surface area contributed by atoms with Crippen molar-refractivity contribution in [2.24, 2.45) is 5.92 Å². The van der Waals surface area contributed by atoms with Crippen LogP contribution in [-0.4, -0.2) is 40.6 Å². The number of carbonyl (C=O) groups excluding carboxylic acids is 1. The number of aromatic nitrogens is 3. The zero-order valence-electron chi connectivity index (χ0n) is 15.8. The molecule has 2 aromatic rings. The van der Waals surface area contributed by atoms with Crippen molar-refractivity contribution < 1.29 is 9.53 Å². The first-order chi connectivity index (χ1) is 13.2. The molecule has 0 radical (unpaired) electrons. The van der Waals surface area contributed by atoms with E-state index < -0.39 is 0 Å². The third kappa shape index (κ3) is 4.54. The fourth-order valence-electron chi connectivity index (χ4n) is 3.51. The summed E-state index contributed by atoms with van der Waals surface area (Å²) in [5.74, 6) is 0.530. The fraction of sp³-hybridized carbons (Fsp3) is 0.550. The van der Waals surface area contributed by atoms with Gasteiger partial charge in [0, 0.05) is 12.3 Å². The van der Waals surface area contributed by atoms with E-state index in [0.29, 0.717) is 18.3 Å². The van der Waals surface area contributed by atoms with Gasteiger partial charge >= 0.3 is 0 Å². The van der Waals surface area contributed by atoms with Crippen LogP contribution in [0.5, 0.6) is 0 Å². The molecular weight excluding hydrogens is 342 g/mol. The first-order valence-corrected chi connectivity index (χ1v) is 9.81. The van der Waals surface area contributed by atoms with Crippen molar-refractivity contribution in [1.29, 1.82) is 0 Å². The van der Waals surface area contributed by atoms with E-state index in [2.05, 4.69) is 20.9 Å². The Balaban J connectivity index is 1.39. The van der Waals surface area contributed by atoms with Crippen LogP contribution in [0.3, 0.4) is 0 Å². The number of benzene rings is 1. The van der Waals surface area contributed by atoms with Gasteiger partial charge in [0.25, 0.3) is 5.91 Å². The molecule has 7 nitrogen and oxygen atoms in total. The largest absolute Gasteiger partial charge is 0.376 e. The molecule has 2 N–H and O–H groups in total. The number of carbonyl (C=O) groups is 1. The quantitative estimate of drug-likeness (QED) is 0.784. The van der Waals surface area contributed by atoms with Gasteiger partial charge < -0.3 is 15.4 Å². The third-order valence-corrected chi connectivity index (χ3v) is 5.30. The maximum Gasteiger partial charge on any atom is 0.278 e. The van der Waals surface area contributed by atoms with Crippen LogP contribution < -0.4 is 10.6 Å². The smallest absolute Gasteiger partial charge is 0.278 e. The number of hydrogen-bond donors (Lipinski definition) is 2. The molecule has 1 aromatic heterocycles. The Morgan fingerprint density at radius 1 is 1.30 bits per heavy atom. The molecule has 1 saturated heterocycles. The van der Waals surface area contributed by atoms with E-state index in [1.165, 1.54) is 12.8 Å². The summed E-state index contributed by atoms with van der Waals surface area (Å²) >= 11 is 0. The van der Waals surface area contributed by atoms with Gasteiger partial charge in [-0.3, -0.25) is 4.79 Å². The van der Waals surface area contributed by atoms with E-state index in [4.69, 9.17) is 4.74 Å². The maximum absolute atomic E-state index is 12.7. The van der Waals surface area contributed by atoms with Gasteiger partial charge in [-0.25, -0.2) is 4.68 Å². The minimum absolute atomic E-state index is 0.219. The van der Waals surface area contributed by atoms with Crippen LogP contribution in [0, 0.1) is 12.8 Å². The average Bonchev–Trinajstić information content (AvgIpc) is 3.42. The van der Waals surface area contributed by atoms with Crippen molar-refractivity contribution in [3.63, 3.8) is 0 Å². The molecule has 0 spiro atoms. The number of amides is 1. The van der Waals surface area contributed by atoms with E-state index in [-0.39, 0.29) is 5.91 Å². The number of hydrogen-bond acceptors (Lipinski definition) is 5. The lowest BCUT2D eigenvalue weighted by molar-refractivity contribution is 0.102. The Labute approximate surface area is 159 Å². The standard InChI is InChI=1S/C20H27N5O2/c1-14-19(23-24-25(14)18-7-9-21-10-8-18)20(26)22-17-4-2-3-16(11-17)13-27-12-15-5-6-15/h2-4,11,15,18,21H,5-10,12-13H2,1H3,(H,22,26). The summed E-state index contributed by atoms with van der Waals surface area (Å²) in [6.07, 6.45) is 4.59. The highest BCUT2D eigenvalue weighted by molar-refractivity contribution is 6.03. The lowest BCUT2D eigenvalue weighted by Crippen LogP contribution is -2.30. The molecule has 144 valence electrons. The van der Waals surface area contributed by atoms with Crippen molar-refractivity contribution in [2.45, 2.75) is 45.3 Å². The molecule has 0 atom stereocenters. The topological polar surface area (TPSA) is 81.1 Å². The number of anilines is 1. The van der Waals surface area contributed by atoms with E-state index in [0.717, 1.165) is 55.4 Å². The van der Waals surface area contributed by atoms with Crippen LogP contribution in [-0.2, 0) is 11.3 Å². The molecule has 2 fully saturated rings. The van der Waals surface area contributed by atoms with Crippen LogP contribution in [0.1, 0.15) is 53.5 Å². The zero-order valence-corrected chi connectivity index (χ0v) is 15.8. The summed E-state index contributed by atoms with van der Waals surface area (Å²) in [6, 6.07) is 8.10. The van der Waals surface area contributed by atoms with Crippen molar-refractivity contribution in [3.05, 3.63) is 41.2 Å². The Hall–Kier alpha value is -2.25. The highest BCUT2D eigenvalue weighted by Crippen LogP contribution is 2.29. The normalized spacial score (nSPS) is 17.8. The van der Waals surface area contributed by atoms with Crippen LogP contribution in [0.2, 0.25) is 0 Å². The minimum Gasteiger partial charge on any atom is -0.376 e. The van der Waals surface area contributed by atoms with Gasteiger partial charge in [-0.2, -0.15) is 0 Å². The minimum atomic E-state index is -0.219. The molecule has 1 aliphatic heterocycles. The van der Waals surface area contributed by atoms with Crippen molar-refractivity contribution in [2.75, 3.05) is 25.0 Å². The van der Waals surface area contributed by atoms with Crippen LogP contribution >= 0.6 is 0 Å². The van der Waals surface area contributed by atoms with Crippen LogP contribution in [0.25, 0.3) is 0 Å². The first kappa shape index (κ1) is 18.1. The molecule has 7 heteroatoms. The van der Waals surface area contributed by atoms with Gasteiger partial charge in [-0.15, -0.1) is 5.10 Å². The van der Waals surface area contributed by atoms with Crippen LogP contribution in [0.4, 0.5) is 5.69 Å². The van der Waals surface area contributed by atoms with E-state index in [1.54, 1.807) is 0 Å². The maximum atomic E-state index is 12.7. The van der Waals surface area contributed by atoms with Gasteiger partial charge in [0.15, 0.2) is 5.69 Å². The summed E-state index contributed by atoms with van der Waals surface area (Å²) in [7, 11) is 0. The Kier molecular flexibility index (Phi) is 5.50. The molecule has 2 aliphatic rings. The van der Waals surface area contributed by atoms with Gasteiger partial charge in [-0.1, -0.05) is 17.3 Å². The fourth-order valence-corrected chi connectivity index (χ4v) is 3.51.